The summed E-state index contributed by atoms with van der Waals surface area (Å²) in [5.74, 6) is -0.0773. The monoisotopic (exact) mass is 452 g/mol. The Balaban J connectivity index is 1.28. The molecule has 0 aromatic heterocycles. The number of fused-ring (bicyclic) bond motifs is 4. The van der Waals surface area contributed by atoms with Gasteiger partial charge in [0.25, 0.3) is 0 Å². The molecule has 1 aliphatic carbocycles. The molecule has 2 heterocycles. The number of aliphatic hydroxyl groups is 1. The largest absolute Gasteiger partial charge is 0.447 e. The molecule has 3 aliphatic rings. The van der Waals surface area contributed by atoms with Gasteiger partial charge in [0.2, 0.25) is 0 Å². The lowest BCUT2D eigenvalue weighted by Gasteiger charge is -2.27. The summed E-state index contributed by atoms with van der Waals surface area (Å²) in [5.41, 5.74) is 3.86. The quantitative estimate of drug-likeness (QED) is 0.750. The van der Waals surface area contributed by atoms with Crippen molar-refractivity contribution in [3.8, 4) is 11.1 Å². The molecule has 8 heteroatoms. The average Bonchev–Trinajstić information content (AvgIpc) is 3.43. The number of hydrogen-bond acceptors (Lipinski definition) is 6. The Hall–Kier alpha value is -3.10. The van der Waals surface area contributed by atoms with Gasteiger partial charge >= 0.3 is 12.2 Å². The number of carbonyl (C=O) groups excluding carboxylic acids is 2. The fraction of sp³-hybridized carbons (Fsp3) is 0.440. The van der Waals surface area contributed by atoms with E-state index in [1.165, 1.54) is 4.90 Å². The van der Waals surface area contributed by atoms with Crippen molar-refractivity contribution in [2.45, 2.75) is 50.5 Å². The number of likely N-dealkylation sites (tertiary alicyclic amines) is 1. The number of β-amino-alcohol motifs (C(OH)–C–C–N with tert-alkyl or cyclic N) is 1. The third-order valence-corrected chi connectivity index (χ3v) is 6.37. The number of benzene rings is 2. The molecule has 8 nitrogen and oxygen atoms in total. The first kappa shape index (κ1) is 21.7. The lowest BCUT2D eigenvalue weighted by Crippen LogP contribution is -2.45. The fourth-order valence-corrected chi connectivity index (χ4v) is 4.99. The van der Waals surface area contributed by atoms with Crippen LogP contribution in [-0.2, 0) is 14.3 Å². The molecular formula is C25H28N2O6. The number of hydroxylamine groups is 2. The van der Waals surface area contributed by atoms with Crippen LogP contribution < -0.4 is 0 Å². The number of rotatable bonds is 2. The van der Waals surface area contributed by atoms with Gasteiger partial charge in [-0.2, -0.15) is 5.06 Å². The minimum absolute atomic E-state index is 0.0702. The van der Waals surface area contributed by atoms with Gasteiger partial charge in [0.15, 0.2) is 0 Å². The highest BCUT2D eigenvalue weighted by molar-refractivity contribution is 5.79. The smallest absolute Gasteiger partial charge is 0.434 e. The average molecular weight is 453 g/mol. The molecule has 0 unspecified atom stereocenters. The van der Waals surface area contributed by atoms with Gasteiger partial charge in [-0.05, 0) is 43.0 Å². The number of ether oxygens (including phenoxy) is 2. The van der Waals surface area contributed by atoms with Crippen LogP contribution in [-0.4, -0.2) is 70.8 Å². The summed E-state index contributed by atoms with van der Waals surface area (Å²) in [5, 5.41) is 11.7. The Bertz CT molecular complexity index is 1040. The summed E-state index contributed by atoms with van der Waals surface area (Å²) in [4.78, 5) is 32.5. The summed E-state index contributed by atoms with van der Waals surface area (Å²) in [6.07, 6.45) is -2.16. The maximum atomic E-state index is 13.0. The van der Waals surface area contributed by atoms with Crippen LogP contribution in [0.1, 0.15) is 37.8 Å². The van der Waals surface area contributed by atoms with Crippen molar-refractivity contribution in [1.29, 1.82) is 0 Å². The first-order valence-corrected chi connectivity index (χ1v) is 11.2. The lowest BCUT2D eigenvalue weighted by molar-refractivity contribution is -0.128. The molecule has 3 atom stereocenters. The van der Waals surface area contributed by atoms with E-state index in [0.717, 1.165) is 27.3 Å². The van der Waals surface area contributed by atoms with Crippen LogP contribution in [0, 0.1) is 0 Å². The van der Waals surface area contributed by atoms with Gasteiger partial charge in [0.05, 0.1) is 25.3 Å². The standard InChI is InChI=1S/C25H28N2O6/c1-25(2,3)33-23(29)26-12-21(28)22-20(26)14-32-27(22)24(30)31-13-19-17-10-6-4-8-15(17)16-9-5-7-11-18(16)19/h4-11,19-22,28H,12-14H2,1-3H3/t20-,21+,22+/m0/s1. The van der Waals surface area contributed by atoms with Crippen molar-refractivity contribution in [3.63, 3.8) is 0 Å². The predicted octanol–water partition coefficient (Wildman–Crippen LogP) is 3.53. The van der Waals surface area contributed by atoms with Crippen LogP contribution in [0.3, 0.4) is 0 Å². The van der Waals surface area contributed by atoms with Crippen LogP contribution >= 0.6 is 0 Å². The second kappa shape index (κ2) is 8.04. The van der Waals surface area contributed by atoms with Crippen molar-refractivity contribution in [2.24, 2.45) is 0 Å². The highest BCUT2D eigenvalue weighted by Crippen LogP contribution is 2.44. The number of nitrogens with zero attached hydrogens (tertiary/aromatic N) is 2. The Morgan fingerprint density at radius 2 is 1.64 bits per heavy atom. The highest BCUT2D eigenvalue weighted by Gasteiger charge is 2.54. The highest BCUT2D eigenvalue weighted by atomic mass is 16.7. The maximum absolute atomic E-state index is 13.0. The van der Waals surface area contributed by atoms with Gasteiger partial charge in [-0.1, -0.05) is 48.5 Å². The predicted molar refractivity (Wildman–Crippen MR) is 119 cm³/mol. The first-order valence-electron chi connectivity index (χ1n) is 11.2. The van der Waals surface area contributed by atoms with E-state index in [1.54, 1.807) is 20.8 Å². The van der Waals surface area contributed by atoms with E-state index in [2.05, 4.69) is 24.3 Å². The van der Waals surface area contributed by atoms with E-state index in [1.807, 2.05) is 24.3 Å². The van der Waals surface area contributed by atoms with Crippen LogP contribution in [0.25, 0.3) is 11.1 Å². The molecule has 0 bridgehead atoms. The third kappa shape index (κ3) is 3.83. The van der Waals surface area contributed by atoms with E-state index in [0.29, 0.717) is 0 Å². The van der Waals surface area contributed by atoms with Gasteiger partial charge in [-0.15, -0.1) is 0 Å². The molecule has 1 N–H and O–H groups in total. The molecule has 2 amide bonds. The summed E-state index contributed by atoms with van der Waals surface area (Å²) in [7, 11) is 0. The van der Waals surface area contributed by atoms with Crippen molar-refractivity contribution in [2.75, 3.05) is 19.8 Å². The molecule has 174 valence electrons. The second-order valence-corrected chi connectivity index (χ2v) is 9.68. The van der Waals surface area contributed by atoms with Gasteiger partial charge in [0.1, 0.15) is 18.2 Å². The summed E-state index contributed by atoms with van der Waals surface area (Å²) in [6, 6.07) is 15.0. The normalized spacial score (nSPS) is 23.8. The Morgan fingerprint density at radius 1 is 1.03 bits per heavy atom. The molecule has 0 radical (unpaired) electrons. The van der Waals surface area contributed by atoms with E-state index < -0.39 is 36.0 Å². The first-order chi connectivity index (χ1) is 15.7. The number of aliphatic hydroxyl groups excluding tert-OH is 1. The Morgan fingerprint density at radius 3 is 2.24 bits per heavy atom. The van der Waals surface area contributed by atoms with Crippen molar-refractivity contribution < 1.29 is 29.0 Å². The van der Waals surface area contributed by atoms with Crippen LogP contribution in [0.15, 0.2) is 48.5 Å². The number of hydrogen-bond donors (Lipinski definition) is 1. The maximum Gasteiger partial charge on any atom is 0.434 e. The molecule has 2 saturated heterocycles. The Labute approximate surface area is 192 Å². The van der Waals surface area contributed by atoms with Gasteiger partial charge < -0.3 is 14.6 Å². The molecule has 5 rings (SSSR count). The summed E-state index contributed by atoms with van der Waals surface area (Å²) < 4.78 is 11.1. The van der Waals surface area contributed by atoms with Gasteiger partial charge in [-0.3, -0.25) is 9.74 Å². The SMILES string of the molecule is CC(C)(C)OC(=O)N1C[C@@H](O)[C@H]2[C@@H]1CON2C(=O)OCC1c2ccccc2-c2ccccc21. The summed E-state index contributed by atoms with van der Waals surface area (Å²) in [6.45, 7) is 5.65. The topological polar surface area (TPSA) is 88.5 Å². The second-order valence-electron chi connectivity index (χ2n) is 9.68. The lowest BCUT2D eigenvalue weighted by atomic mass is 9.98. The van der Waals surface area contributed by atoms with Gasteiger partial charge in [-0.25, -0.2) is 9.59 Å². The van der Waals surface area contributed by atoms with Crippen molar-refractivity contribution >= 4 is 12.2 Å². The summed E-state index contributed by atoms with van der Waals surface area (Å²) >= 11 is 0. The molecule has 0 saturated carbocycles. The molecular weight excluding hydrogens is 424 g/mol. The van der Waals surface area contributed by atoms with E-state index in [4.69, 9.17) is 14.3 Å². The zero-order valence-corrected chi connectivity index (χ0v) is 18.9. The zero-order valence-electron chi connectivity index (χ0n) is 18.9. The Kier molecular flexibility index (Phi) is 5.29. The van der Waals surface area contributed by atoms with E-state index in [9.17, 15) is 14.7 Å². The van der Waals surface area contributed by atoms with Crippen molar-refractivity contribution in [3.05, 3.63) is 59.7 Å². The number of carbonyl (C=O) groups is 2. The van der Waals surface area contributed by atoms with Crippen LogP contribution in [0.4, 0.5) is 9.59 Å². The van der Waals surface area contributed by atoms with Crippen LogP contribution in [0.2, 0.25) is 0 Å². The van der Waals surface area contributed by atoms with Gasteiger partial charge in [0, 0.05) is 5.92 Å². The molecule has 2 aromatic carbocycles. The van der Waals surface area contributed by atoms with E-state index >= 15 is 0 Å². The molecule has 0 spiro atoms. The molecule has 2 fully saturated rings. The van der Waals surface area contributed by atoms with Crippen molar-refractivity contribution in [1.82, 2.24) is 9.96 Å². The molecule has 33 heavy (non-hydrogen) atoms. The zero-order chi connectivity index (χ0) is 23.3. The minimum Gasteiger partial charge on any atom is -0.447 e. The molecule has 2 aliphatic heterocycles. The minimum atomic E-state index is -0.953. The number of amides is 2. The fourth-order valence-electron chi connectivity index (χ4n) is 4.99. The molecule has 2 aromatic rings. The third-order valence-electron chi connectivity index (χ3n) is 6.37. The van der Waals surface area contributed by atoms with E-state index in [-0.39, 0.29) is 25.7 Å². The van der Waals surface area contributed by atoms with Crippen LogP contribution in [0.5, 0.6) is 0 Å².